The summed E-state index contributed by atoms with van der Waals surface area (Å²) in [6.45, 7) is 2.23. The maximum Gasteiger partial charge on any atom is 0.308 e. The molecule has 23 heavy (non-hydrogen) atoms. The third-order valence-corrected chi connectivity index (χ3v) is 4.36. The lowest BCUT2D eigenvalue weighted by atomic mass is 9.87. The van der Waals surface area contributed by atoms with Crippen molar-refractivity contribution >= 4 is 5.97 Å². The Morgan fingerprint density at radius 1 is 1.04 bits per heavy atom. The fourth-order valence-electron chi connectivity index (χ4n) is 2.95. The van der Waals surface area contributed by atoms with E-state index in [4.69, 9.17) is 14.2 Å². The number of rotatable bonds is 9. The summed E-state index contributed by atoms with van der Waals surface area (Å²) in [5, 5.41) is 0. The van der Waals surface area contributed by atoms with Crippen molar-refractivity contribution in [3.63, 3.8) is 0 Å². The lowest BCUT2D eigenvalue weighted by Crippen LogP contribution is -2.27. The van der Waals surface area contributed by atoms with Crippen LogP contribution in [-0.4, -0.2) is 32.4 Å². The van der Waals surface area contributed by atoms with Gasteiger partial charge in [-0.3, -0.25) is 4.79 Å². The van der Waals surface area contributed by atoms with Crippen molar-refractivity contribution in [3.8, 4) is 0 Å². The zero-order valence-corrected chi connectivity index (χ0v) is 14.0. The van der Waals surface area contributed by atoms with Gasteiger partial charge in [-0.2, -0.15) is 0 Å². The average Bonchev–Trinajstić information content (AvgIpc) is 2.61. The van der Waals surface area contributed by atoms with Gasteiger partial charge < -0.3 is 14.2 Å². The SMILES string of the molecule is COC(=O)C1CCC(OCCCCOCc2ccccc2)CC1. The Kier molecular flexibility index (Phi) is 8.12. The molecule has 4 nitrogen and oxygen atoms in total. The molecule has 128 valence electrons. The second-order valence-corrected chi connectivity index (χ2v) is 6.11. The number of methoxy groups -OCH3 is 1. The molecule has 1 aromatic rings. The standard InChI is InChI=1S/C19H28O4/c1-21-19(20)17-9-11-18(12-10-17)23-14-6-5-13-22-15-16-7-3-2-4-8-16/h2-4,7-8,17-18H,5-6,9-15H2,1H3. The van der Waals surface area contributed by atoms with E-state index in [0.29, 0.717) is 12.7 Å². The van der Waals surface area contributed by atoms with Crippen molar-refractivity contribution in [2.24, 2.45) is 5.92 Å². The molecule has 0 amide bonds. The number of unbranched alkanes of at least 4 members (excludes halogenated alkanes) is 1. The van der Waals surface area contributed by atoms with E-state index >= 15 is 0 Å². The van der Waals surface area contributed by atoms with E-state index in [1.54, 1.807) is 0 Å². The molecule has 0 bridgehead atoms. The molecule has 0 heterocycles. The van der Waals surface area contributed by atoms with E-state index in [0.717, 1.165) is 51.7 Å². The van der Waals surface area contributed by atoms with E-state index in [2.05, 4.69) is 12.1 Å². The van der Waals surface area contributed by atoms with Crippen molar-refractivity contribution in [1.29, 1.82) is 0 Å². The number of benzene rings is 1. The Morgan fingerprint density at radius 3 is 2.43 bits per heavy atom. The summed E-state index contributed by atoms with van der Waals surface area (Å²) >= 11 is 0. The fourth-order valence-corrected chi connectivity index (χ4v) is 2.95. The highest BCUT2D eigenvalue weighted by Gasteiger charge is 2.26. The van der Waals surface area contributed by atoms with Gasteiger partial charge in [-0.05, 0) is 44.1 Å². The van der Waals surface area contributed by atoms with Crippen molar-refractivity contribution in [2.45, 2.75) is 51.2 Å². The first kappa shape index (κ1) is 18.0. The molecule has 0 aliphatic heterocycles. The summed E-state index contributed by atoms with van der Waals surface area (Å²) in [7, 11) is 1.46. The van der Waals surface area contributed by atoms with Gasteiger partial charge in [-0.15, -0.1) is 0 Å². The van der Waals surface area contributed by atoms with Gasteiger partial charge in [0.25, 0.3) is 0 Å². The number of hydrogen-bond acceptors (Lipinski definition) is 4. The molecule has 0 saturated heterocycles. The zero-order valence-electron chi connectivity index (χ0n) is 14.0. The molecule has 1 saturated carbocycles. The Bertz CT molecular complexity index is 438. The number of carbonyl (C=O) groups is 1. The maximum absolute atomic E-state index is 11.5. The lowest BCUT2D eigenvalue weighted by molar-refractivity contribution is -0.147. The van der Waals surface area contributed by atoms with Gasteiger partial charge >= 0.3 is 5.97 Å². The van der Waals surface area contributed by atoms with Crippen LogP contribution in [0.5, 0.6) is 0 Å². The van der Waals surface area contributed by atoms with Gasteiger partial charge in [-0.25, -0.2) is 0 Å². The largest absolute Gasteiger partial charge is 0.469 e. The summed E-state index contributed by atoms with van der Waals surface area (Å²) in [5.41, 5.74) is 1.21. The first-order chi connectivity index (χ1) is 11.3. The number of carbonyl (C=O) groups excluding carboxylic acids is 1. The van der Waals surface area contributed by atoms with E-state index in [1.165, 1.54) is 12.7 Å². The summed E-state index contributed by atoms with van der Waals surface area (Å²) in [4.78, 5) is 11.5. The van der Waals surface area contributed by atoms with Gasteiger partial charge in [0.2, 0.25) is 0 Å². The van der Waals surface area contributed by atoms with Crippen molar-refractivity contribution in [3.05, 3.63) is 35.9 Å². The van der Waals surface area contributed by atoms with Gasteiger partial charge in [0, 0.05) is 13.2 Å². The molecule has 1 aromatic carbocycles. The number of esters is 1. The van der Waals surface area contributed by atoms with Crippen LogP contribution in [0.25, 0.3) is 0 Å². The van der Waals surface area contributed by atoms with Crippen LogP contribution in [0.4, 0.5) is 0 Å². The van der Waals surface area contributed by atoms with Gasteiger partial charge in [0.1, 0.15) is 0 Å². The average molecular weight is 320 g/mol. The lowest BCUT2D eigenvalue weighted by Gasteiger charge is -2.26. The minimum Gasteiger partial charge on any atom is -0.469 e. The minimum atomic E-state index is -0.0704. The molecule has 0 radical (unpaired) electrons. The summed E-state index contributed by atoms with van der Waals surface area (Å²) in [6.07, 6.45) is 6.04. The van der Waals surface area contributed by atoms with Gasteiger partial charge in [0.05, 0.1) is 25.7 Å². The smallest absolute Gasteiger partial charge is 0.308 e. The second kappa shape index (κ2) is 10.4. The Morgan fingerprint density at radius 2 is 1.74 bits per heavy atom. The number of hydrogen-bond donors (Lipinski definition) is 0. The molecule has 0 unspecified atom stereocenters. The Hall–Kier alpha value is -1.39. The molecule has 0 N–H and O–H groups in total. The molecule has 0 atom stereocenters. The molecule has 1 aliphatic carbocycles. The van der Waals surface area contributed by atoms with Crippen LogP contribution in [0.15, 0.2) is 30.3 Å². The van der Waals surface area contributed by atoms with Gasteiger partial charge in [0.15, 0.2) is 0 Å². The minimum absolute atomic E-state index is 0.0704. The molecular formula is C19H28O4. The molecular weight excluding hydrogens is 292 g/mol. The molecule has 2 rings (SSSR count). The van der Waals surface area contributed by atoms with Crippen molar-refractivity contribution < 1.29 is 19.0 Å². The van der Waals surface area contributed by atoms with Crippen LogP contribution in [0, 0.1) is 5.92 Å². The zero-order chi connectivity index (χ0) is 16.3. The van der Waals surface area contributed by atoms with E-state index in [9.17, 15) is 4.79 Å². The van der Waals surface area contributed by atoms with Crippen LogP contribution >= 0.6 is 0 Å². The van der Waals surface area contributed by atoms with Crippen LogP contribution in [0.1, 0.15) is 44.1 Å². The third-order valence-electron chi connectivity index (χ3n) is 4.36. The van der Waals surface area contributed by atoms with Crippen molar-refractivity contribution in [2.75, 3.05) is 20.3 Å². The number of ether oxygens (including phenoxy) is 3. The topological polar surface area (TPSA) is 44.8 Å². The van der Waals surface area contributed by atoms with E-state index in [1.807, 2.05) is 18.2 Å². The molecule has 4 heteroatoms. The summed E-state index contributed by atoms with van der Waals surface area (Å²) in [5.74, 6) is 0.00486. The predicted molar refractivity (Wildman–Crippen MR) is 89.0 cm³/mol. The molecule has 0 spiro atoms. The second-order valence-electron chi connectivity index (χ2n) is 6.11. The Labute approximate surface area is 139 Å². The first-order valence-electron chi connectivity index (χ1n) is 8.60. The Balaban J connectivity index is 1.45. The molecule has 1 fully saturated rings. The summed E-state index contributed by atoms with van der Waals surface area (Å²) in [6, 6.07) is 10.2. The molecule has 0 aromatic heterocycles. The normalized spacial score (nSPS) is 21.1. The van der Waals surface area contributed by atoms with Gasteiger partial charge in [-0.1, -0.05) is 30.3 Å². The van der Waals surface area contributed by atoms with Crippen molar-refractivity contribution in [1.82, 2.24) is 0 Å². The third kappa shape index (κ3) is 6.71. The highest BCUT2D eigenvalue weighted by molar-refractivity contribution is 5.72. The monoisotopic (exact) mass is 320 g/mol. The highest BCUT2D eigenvalue weighted by atomic mass is 16.5. The maximum atomic E-state index is 11.5. The highest BCUT2D eigenvalue weighted by Crippen LogP contribution is 2.27. The summed E-state index contributed by atoms with van der Waals surface area (Å²) < 4.78 is 16.4. The quantitative estimate of drug-likeness (QED) is 0.514. The molecule has 1 aliphatic rings. The first-order valence-corrected chi connectivity index (χ1v) is 8.60. The van der Waals surface area contributed by atoms with Crippen LogP contribution in [0.2, 0.25) is 0 Å². The van der Waals surface area contributed by atoms with E-state index in [-0.39, 0.29) is 11.9 Å². The van der Waals surface area contributed by atoms with E-state index < -0.39 is 0 Å². The van der Waals surface area contributed by atoms with Crippen LogP contribution in [0.3, 0.4) is 0 Å². The van der Waals surface area contributed by atoms with Crippen LogP contribution in [-0.2, 0) is 25.6 Å². The predicted octanol–water partition coefficient (Wildman–Crippen LogP) is 3.73. The van der Waals surface area contributed by atoms with Crippen LogP contribution < -0.4 is 0 Å². The fraction of sp³-hybridized carbons (Fsp3) is 0.632.